The molecular formula is C14H14NO3S-. The van der Waals surface area contributed by atoms with Crippen LogP contribution in [-0.2, 0) is 22.3 Å². The summed E-state index contributed by atoms with van der Waals surface area (Å²) in [6, 6.07) is 10.9. The number of fused-ring (bicyclic) bond motifs is 1. The maximum Gasteiger partial charge on any atom is 0.216 e. The first-order chi connectivity index (χ1) is 9.08. The van der Waals surface area contributed by atoms with E-state index in [1.807, 2.05) is 18.2 Å². The van der Waals surface area contributed by atoms with E-state index in [1.54, 1.807) is 18.2 Å². The molecule has 2 rings (SSSR count). The van der Waals surface area contributed by atoms with E-state index in [0.29, 0.717) is 13.0 Å². The predicted molar refractivity (Wildman–Crippen MR) is 73.5 cm³/mol. The van der Waals surface area contributed by atoms with Gasteiger partial charge in [0.2, 0.25) is 5.91 Å². The third-order valence-corrected chi connectivity index (χ3v) is 3.54. The molecule has 0 fully saturated rings. The second-order valence-corrected chi connectivity index (χ2v) is 5.21. The van der Waals surface area contributed by atoms with Crippen LogP contribution in [0.2, 0.25) is 0 Å². The lowest BCUT2D eigenvalue weighted by Gasteiger charge is -2.10. The minimum Gasteiger partial charge on any atom is -0.768 e. The molecule has 1 amide bonds. The fourth-order valence-electron chi connectivity index (χ4n) is 2.01. The zero-order valence-electron chi connectivity index (χ0n) is 10.5. The molecule has 2 aromatic carbocycles. The quantitative estimate of drug-likeness (QED) is 0.865. The first kappa shape index (κ1) is 13.7. The fourth-order valence-corrected chi connectivity index (χ4v) is 2.40. The summed E-state index contributed by atoms with van der Waals surface area (Å²) in [7, 11) is 0. The van der Waals surface area contributed by atoms with Gasteiger partial charge in [0.15, 0.2) is 0 Å². The standard InChI is InChI=1S/C14H15NO3S/c1-10(16)15-8-7-12-4-2-3-11-5-6-13(19(17)18)9-14(11)12/h2-6,9H,7-8H2,1H3,(H,15,16)(H,17,18)/p-1. The van der Waals surface area contributed by atoms with Gasteiger partial charge in [0.05, 0.1) is 0 Å². The molecule has 0 bridgehead atoms. The van der Waals surface area contributed by atoms with Gasteiger partial charge >= 0.3 is 0 Å². The van der Waals surface area contributed by atoms with E-state index in [-0.39, 0.29) is 10.8 Å². The molecule has 5 heteroatoms. The van der Waals surface area contributed by atoms with Gasteiger partial charge in [0.1, 0.15) is 0 Å². The summed E-state index contributed by atoms with van der Waals surface area (Å²) in [4.78, 5) is 11.1. The van der Waals surface area contributed by atoms with Gasteiger partial charge in [-0.05, 0) is 46.0 Å². The molecule has 100 valence electrons. The second kappa shape index (κ2) is 5.95. The monoisotopic (exact) mass is 276 g/mol. The average Bonchev–Trinajstić information content (AvgIpc) is 2.38. The highest BCUT2D eigenvalue weighted by Gasteiger charge is 2.03. The summed E-state index contributed by atoms with van der Waals surface area (Å²) in [6.45, 7) is 2.01. The van der Waals surface area contributed by atoms with Crippen LogP contribution in [0.25, 0.3) is 10.8 Å². The van der Waals surface area contributed by atoms with Gasteiger partial charge < -0.3 is 9.87 Å². The first-order valence-electron chi connectivity index (χ1n) is 5.93. The number of carbonyl (C=O) groups excluding carboxylic acids is 1. The van der Waals surface area contributed by atoms with Gasteiger partial charge in [0, 0.05) is 18.4 Å². The van der Waals surface area contributed by atoms with E-state index < -0.39 is 11.1 Å². The van der Waals surface area contributed by atoms with Crippen molar-refractivity contribution in [2.24, 2.45) is 0 Å². The number of hydrogen-bond acceptors (Lipinski definition) is 3. The summed E-state index contributed by atoms with van der Waals surface area (Å²) in [6.07, 6.45) is 0.672. The molecule has 1 atom stereocenters. The van der Waals surface area contributed by atoms with Crippen LogP contribution >= 0.6 is 0 Å². The maximum absolute atomic E-state index is 11.0. The number of carbonyl (C=O) groups is 1. The lowest BCUT2D eigenvalue weighted by atomic mass is 10.0. The van der Waals surface area contributed by atoms with Crippen molar-refractivity contribution in [1.29, 1.82) is 0 Å². The Kier molecular flexibility index (Phi) is 4.29. The Hall–Kier alpha value is -1.72. The molecule has 4 nitrogen and oxygen atoms in total. The Bertz CT molecular complexity index is 640. The van der Waals surface area contributed by atoms with E-state index in [9.17, 15) is 13.6 Å². The molecule has 1 N–H and O–H groups in total. The minimum atomic E-state index is -2.23. The molecule has 0 radical (unpaired) electrons. The van der Waals surface area contributed by atoms with Crippen LogP contribution in [-0.4, -0.2) is 21.2 Å². The lowest BCUT2D eigenvalue weighted by Crippen LogP contribution is -2.22. The third kappa shape index (κ3) is 3.39. The van der Waals surface area contributed by atoms with Gasteiger partial charge in [0.25, 0.3) is 0 Å². The highest BCUT2D eigenvalue weighted by Crippen LogP contribution is 2.22. The molecule has 0 aromatic heterocycles. The van der Waals surface area contributed by atoms with Crippen molar-refractivity contribution in [3.05, 3.63) is 42.0 Å². The van der Waals surface area contributed by atoms with Crippen molar-refractivity contribution in [1.82, 2.24) is 5.32 Å². The van der Waals surface area contributed by atoms with Crippen LogP contribution in [0.5, 0.6) is 0 Å². The predicted octanol–water partition coefficient (Wildman–Crippen LogP) is 1.76. The number of amides is 1. The molecule has 0 spiro atoms. The molecule has 0 aliphatic rings. The molecule has 2 aromatic rings. The highest BCUT2D eigenvalue weighted by molar-refractivity contribution is 7.79. The summed E-state index contributed by atoms with van der Waals surface area (Å²) >= 11 is -2.23. The summed E-state index contributed by atoms with van der Waals surface area (Å²) in [5, 5.41) is 4.64. The lowest BCUT2D eigenvalue weighted by molar-refractivity contribution is -0.118. The molecule has 0 aliphatic heterocycles. The Morgan fingerprint density at radius 2 is 2.11 bits per heavy atom. The second-order valence-electron chi connectivity index (χ2n) is 4.27. The van der Waals surface area contributed by atoms with Crippen molar-refractivity contribution >= 4 is 27.8 Å². The molecule has 0 saturated heterocycles. The molecule has 0 aliphatic carbocycles. The normalized spacial score (nSPS) is 12.3. The Morgan fingerprint density at radius 1 is 1.32 bits per heavy atom. The topological polar surface area (TPSA) is 69.2 Å². The number of rotatable bonds is 4. The molecule has 0 saturated carbocycles. The molecule has 0 heterocycles. The highest BCUT2D eigenvalue weighted by atomic mass is 32.2. The number of hydrogen-bond donors (Lipinski definition) is 1. The Labute approximate surface area is 114 Å². The van der Waals surface area contributed by atoms with Gasteiger partial charge in [-0.1, -0.05) is 24.3 Å². The number of nitrogens with one attached hydrogen (secondary N) is 1. The Morgan fingerprint density at radius 3 is 2.79 bits per heavy atom. The number of benzene rings is 2. The molecular weight excluding hydrogens is 262 g/mol. The van der Waals surface area contributed by atoms with Gasteiger partial charge in [-0.25, -0.2) is 0 Å². The van der Waals surface area contributed by atoms with Gasteiger partial charge in [-0.2, -0.15) is 0 Å². The minimum absolute atomic E-state index is 0.0680. The summed E-state index contributed by atoms with van der Waals surface area (Å²) in [5.41, 5.74) is 1.03. The SMILES string of the molecule is CC(=O)NCCc1cccc2ccc(S(=O)[O-])cc12. The molecule has 19 heavy (non-hydrogen) atoms. The average molecular weight is 276 g/mol. The van der Waals surface area contributed by atoms with Crippen molar-refractivity contribution in [3.63, 3.8) is 0 Å². The van der Waals surface area contributed by atoms with Gasteiger partial charge in [-0.3, -0.25) is 9.00 Å². The van der Waals surface area contributed by atoms with Crippen LogP contribution in [0.3, 0.4) is 0 Å². The third-order valence-electron chi connectivity index (χ3n) is 2.90. The van der Waals surface area contributed by atoms with E-state index in [0.717, 1.165) is 16.3 Å². The van der Waals surface area contributed by atoms with Crippen molar-refractivity contribution in [3.8, 4) is 0 Å². The van der Waals surface area contributed by atoms with Crippen LogP contribution in [0.1, 0.15) is 12.5 Å². The first-order valence-corrected chi connectivity index (χ1v) is 7.01. The van der Waals surface area contributed by atoms with Crippen molar-refractivity contribution < 1.29 is 13.6 Å². The zero-order valence-corrected chi connectivity index (χ0v) is 11.3. The fraction of sp³-hybridized carbons (Fsp3) is 0.214. The largest absolute Gasteiger partial charge is 0.768 e. The zero-order chi connectivity index (χ0) is 13.8. The molecule has 1 unspecified atom stereocenters. The van der Waals surface area contributed by atoms with E-state index in [4.69, 9.17) is 0 Å². The van der Waals surface area contributed by atoms with Gasteiger partial charge in [-0.15, -0.1) is 0 Å². The van der Waals surface area contributed by atoms with Crippen LogP contribution < -0.4 is 5.32 Å². The van der Waals surface area contributed by atoms with Crippen molar-refractivity contribution in [2.75, 3.05) is 6.54 Å². The van der Waals surface area contributed by atoms with Crippen LogP contribution in [0.15, 0.2) is 41.3 Å². The van der Waals surface area contributed by atoms with Crippen molar-refractivity contribution in [2.45, 2.75) is 18.2 Å². The van der Waals surface area contributed by atoms with E-state index in [1.165, 1.54) is 6.92 Å². The maximum atomic E-state index is 11.0. The Balaban J connectivity index is 2.34. The van der Waals surface area contributed by atoms with E-state index in [2.05, 4.69) is 5.32 Å². The van der Waals surface area contributed by atoms with E-state index >= 15 is 0 Å². The summed E-state index contributed by atoms with van der Waals surface area (Å²) in [5.74, 6) is -0.0680. The van der Waals surface area contributed by atoms with Crippen LogP contribution in [0, 0.1) is 0 Å². The summed E-state index contributed by atoms with van der Waals surface area (Å²) < 4.78 is 22.0. The smallest absolute Gasteiger partial charge is 0.216 e. The van der Waals surface area contributed by atoms with Crippen LogP contribution in [0.4, 0.5) is 0 Å².